The first-order chi connectivity index (χ1) is 12.0. The molecule has 2 N–H and O–H groups in total. The molecule has 0 radical (unpaired) electrons. The number of nitrogens with one attached hydrogen (secondary N) is 2. The largest absolute Gasteiger partial charge is 0.337 e. The maximum Gasteiger partial charge on any atom is 0.231 e. The first-order valence-corrected chi connectivity index (χ1v) is 9.39. The van der Waals surface area contributed by atoms with Crippen LogP contribution in [0.15, 0.2) is 29.4 Å². The number of aromatic amines is 1. The molecule has 1 aromatic heterocycles. The Morgan fingerprint density at radius 2 is 2.16 bits per heavy atom. The van der Waals surface area contributed by atoms with Gasteiger partial charge in [0.15, 0.2) is 5.82 Å². The fourth-order valence-electron chi connectivity index (χ4n) is 2.68. The van der Waals surface area contributed by atoms with E-state index in [-0.39, 0.29) is 17.6 Å². The van der Waals surface area contributed by atoms with E-state index in [9.17, 15) is 10.1 Å². The number of carbonyl (C=O) groups is 1. The Balaban J connectivity index is 1.56. The molecule has 1 fully saturated rings. The fourth-order valence-corrected chi connectivity index (χ4v) is 3.27. The number of thioether (sulfide) groups is 1. The van der Waals surface area contributed by atoms with Gasteiger partial charge in [-0.15, -0.1) is 5.10 Å². The summed E-state index contributed by atoms with van der Waals surface area (Å²) in [6, 6.07) is 10.4. The van der Waals surface area contributed by atoms with Crippen molar-refractivity contribution in [2.75, 3.05) is 5.75 Å². The van der Waals surface area contributed by atoms with Gasteiger partial charge < -0.3 is 5.32 Å². The maximum absolute atomic E-state index is 12.1. The van der Waals surface area contributed by atoms with Gasteiger partial charge >= 0.3 is 0 Å². The van der Waals surface area contributed by atoms with Gasteiger partial charge in [-0.25, -0.2) is 4.98 Å². The Morgan fingerprint density at radius 3 is 2.76 bits per heavy atom. The van der Waals surface area contributed by atoms with Crippen LogP contribution < -0.4 is 5.32 Å². The number of aromatic nitrogens is 3. The van der Waals surface area contributed by atoms with Crippen molar-refractivity contribution < 1.29 is 4.79 Å². The molecule has 1 atom stereocenters. The molecule has 0 unspecified atom stereocenters. The summed E-state index contributed by atoms with van der Waals surface area (Å²) in [4.78, 5) is 16.5. The molecule has 1 heterocycles. The lowest BCUT2D eigenvalue weighted by atomic mass is 9.98. The van der Waals surface area contributed by atoms with Gasteiger partial charge in [0.05, 0.1) is 11.8 Å². The zero-order valence-corrected chi connectivity index (χ0v) is 15.2. The van der Waals surface area contributed by atoms with Crippen LogP contribution >= 0.6 is 11.8 Å². The van der Waals surface area contributed by atoms with Crippen LogP contribution in [0.2, 0.25) is 0 Å². The van der Waals surface area contributed by atoms with Crippen molar-refractivity contribution in [3.63, 3.8) is 0 Å². The molecule has 0 bridgehead atoms. The van der Waals surface area contributed by atoms with Gasteiger partial charge in [0.2, 0.25) is 11.1 Å². The minimum Gasteiger partial charge on any atom is -0.337 e. The Morgan fingerprint density at radius 1 is 1.44 bits per heavy atom. The lowest BCUT2D eigenvalue weighted by Crippen LogP contribution is -2.47. The average molecular weight is 355 g/mol. The zero-order valence-electron chi connectivity index (χ0n) is 14.4. The van der Waals surface area contributed by atoms with Crippen LogP contribution in [0.5, 0.6) is 0 Å². The zero-order chi connectivity index (χ0) is 17.9. The SMILES string of the molecule is CCc1ccc(-c2nc(SCC(=O)N[C@](C)(C#N)C3CC3)n[nH]2)cc1. The maximum atomic E-state index is 12.1. The highest BCUT2D eigenvalue weighted by atomic mass is 32.2. The van der Waals surface area contributed by atoms with Gasteiger partial charge in [0.25, 0.3) is 0 Å². The van der Waals surface area contributed by atoms with Gasteiger partial charge in [0.1, 0.15) is 5.54 Å². The minimum atomic E-state index is -0.761. The number of hydrogen-bond acceptors (Lipinski definition) is 5. The van der Waals surface area contributed by atoms with Crippen LogP contribution in [0.25, 0.3) is 11.4 Å². The summed E-state index contributed by atoms with van der Waals surface area (Å²) in [5.41, 5.74) is 1.47. The molecule has 1 aliphatic carbocycles. The standard InChI is InChI=1S/C18H21N5OS/c1-3-12-4-6-13(7-5-12)16-20-17(23-22-16)25-10-15(24)21-18(2,11-19)14-8-9-14/h4-7,14H,3,8-10H2,1-2H3,(H,21,24)(H,20,22,23)/t18-/m1/s1. The molecule has 25 heavy (non-hydrogen) atoms. The molecular weight excluding hydrogens is 334 g/mol. The monoisotopic (exact) mass is 355 g/mol. The van der Waals surface area contributed by atoms with E-state index in [4.69, 9.17) is 0 Å². The molecule has 6 nitrogen and oxygen atoms in total. The first kappa shape index (κ1) is 17.5. The highest BCUT2D eigenvalue weighted by molar-refractivity contribution is 7.99. The van der Waals surface area contributed by atoms with Crippen molar-refractivity contribution in [2.24, 2.45) is 5.92 Å². The summed E-state index contributed by atoms with van der Waals surface area (Å²) < 4.78 is 0. The van der Waals surface area contributed by atoms with Gasteiger partial charge in [0, 0.05) is 5.56 Å². The molecule has 0 saturated heterocycles. The average Bonchev–Trinajstić information content (AvgIpc) is 3.39. The van der Waals surface area contributed by atoms with Gasteiger partial charge in [-0.1, -0.05) is 43.0 Å². The molecule has 1 aliphatic rings. The van der Waals surface area contributed by atoms with E-state index >= 15 is 0 Å². The topological polar surface area (TPSA) is 94.5 Å². The normalized spacial score (nSPS) is 16.0. The summed E-state index contributed by atoms with van der Waals surface area (Å²) in [7, 11) is 0. The van der Waals surface area contributed by atoms with Gasteiger partial charge in [-0.2, -0.15) is 5.26 Å². The van der Waals surface area contributed by atoms with E-state index in [1.165, 1.54) is 17.3 Å². The summed E-state index contributed by atoms with van der Waals surface area (Å²) in [6.07, 6.45) is 2.99. The van der Waals surface area contributed by atoms with E-state index in [0.717, 1.165) is 24.8 Å². The molecule has 1 aromatic carbocycles. The highest BCUT2D eigenvalue weighted by Gasteiger charge is 2.42. The Labute approximate surface area is 151 Å². The number of aryl methyl sites for hydroxylation is 1. The van der Waals surface area contributed by atoms with Crippen molar-refractivity contribution in [1.29, 1.82) is 5.26 Å². The van der Waals surface area contributed by atoms with Crippen molar-refractivity contribution in [2.45, 2.75) is 43.8 Å². The molecule has 1 amide bonds. The molecule has 3 rings (SSSR count). The van der Waals surface area contributed by atoms with Crippen molar-refractivity contribution >= 4 is 17.7 Å². The predicted molar refractivity (Wildman–Crippen MR) is 96.8 cm³/mol. The summed E-state index contributed by atoms with van der Waals surface area (Å²) >= 11 is 1.26. The summed E-state index contributed by atoms with van der Waals surface area (Å²) in [5, 5.41) is 19.7. The second kappa shape index (κ2) is 7.28. The van der Waals surface area contributed by atoms with Crippen molar-refractivity contribution in [3.05, 3.63) is 29.8 Å². The second-order valence-corrected chi connectivity index (χ2v) is 7.38. The number of H-pyrrole nitrogens is 1. The highest BCUT2D eigenvalue weighted by Crippen LogP contribution is 2.39. The third-order valence-corrected chi connectivity index (χ3v) is 5.31. The number of rotatable bonds is 7. The third kappa shape index (κ3) is 4.20. The van der Waals surface area contributed by atoms with Crippen LogP contribution in [0.1, 0.15) is 32.3 Å². The summed E-state index contributed by atoms with van der Waals surface area (Å²) in [6.45, 7) is 3.90. The number of amides is 1. The number of nitriles is 1. The third-order valence-electron chi connectivity index (χ3n) is 4.46. The van der Waals surface area contributed by atoms with E-state index in [0.29, 0.717) is 11.0 Å². The Hall–Kier alpha value is -2.33. The van der Waals surface area contributed by atoms with E-state index in [1.807, 2.05) is 12.1 Å². The minimum absolute atomic E-state index is 0.167. The van der Waals surface area contributed by atoms with Gasteiger partial charge in [-0.05, 0) is 37.7 Å². The molecule has 130 valence electrons. The second-order valence-electron chi connectivity index (χ2n) is 6.44. The lowest BCUT2D eigenvalue weighted by Gasteiger charge is -2.22. The van der Waals surface area contributed by atoms with E-state index in [2.05, 4.69) is 45.6 Å². The van der Waals surface area contributed by atoms with Crippen LogP contribution in [-0.4, -0.2) is 32.4 Å². The lowest BCUT2D eigenvalue weighted by molar-refractivity contribution is -0.119. The smallest absolute Gasteiger partial charge is 0.231 e. The van der Waals surface area contributed by atoms with Gasteiger partial charge in [-0.3, -0.25) is 9.89 Å². The van der Waals surface area contributed by atoms with Crippen LogP contribution in [0.3, 0.4) is 0 Å². The van der Waals surface area contributed by atoms with Crippen LogP contribution in [0.4, 0.5) is 0 Å². The number of benzene rings is 1. The first-order valence-electron chi connectivity index (χ1n) is 8.41. The Bertz CT molecular complexity index is 791. The van der Waals surface area contributed by atoms with E-state index in [1.54, 1.807) is 6.92 Å². The van der Waals surface area contributed by atoms with Crippen LogP contribution in [-0.2, 0) is 11.2 Å². The molecule has 2 aromatic rings. The molecule has 1 saturated carbocycles. The van der Waals surface area contributed by atoms with Crippen LogP contribution in [0, 0.1) is 17.2 Å². The number of nitrogens with zero attached hydrogens (tertiary/aromatic N) is 3. The van der Waals surface area contributed by atoms with Crippen molar-refractivity contribution in [1.82, 2.24) is 20.5 Å². The quantitative estimate of drug-likeness (QED) is 0.745. The number of hydrogen-bond donors (Lipinski definition) is 2. The molecular formula is C18H21N5OS. The molecule has 7 heteroatoms. The fraction of sp³-hybridized carbons (Fsp3) is 0.444. The predicted octanol–water partition coefficient (Wildman–Crippen LogP) is 2.93. The number of carbonyl (C=O) groups excluding carboxylic acids is 1. The van der Waals surface area contributed by atoms with E-state index < -0.39 is 5.54 Å². The molecule has 0 aliphatic heterocycles. The Kier molecular flexibility index (Phi) is 5.09. The summed E-state index contributed by atoms with van der Waals surface area (Å²) in [5.74, 6) is 0.980. The van der Waals surface area contributed by atoms with Crippen molar-refractivity contribution in [3.8, 4) is 17.5 Å². The molecule has 0 spiro atoms.